The Labute approximate surface area is 203 Å². The number of carbonyl (C=O) groups excluding carboxylic acids is 2. The molecule has 0 aliphatic rings. The molecule has 172 valence electrons. The summed E-state index contributed by atoms with van der Waals surface area (Å²) in [7, 11) is 0. The Kier molecular flexibility index (Phi) is 8.75. The first-order valence-electron chi connectivity index (χ1n) is 10.7. The van der Waals surface area contributed by atoms with Gasteiger partial charge in [-0.3, -0.25) is 4.79 Å². The normalized spacial score (nSPS) is 10.5. The summed E-state index contributed by atoms with van der Waals surface area (Å²) >= 11 is 12.4. The molecule has 0 atom stereocenters. The average Bonchev–Trinajstić information content (AvgIpc) is 2.82. The van der Waals surface area contributed by atoms with E-state index in [1.54, 1.807) is 72.5 Å². The molecule has 0 aliphatic carbocycles. The van der Waals surface area contributed by atoms with Crippen LogP contribution in [0.15, 0.2) is 66.7 Å². The first-order chi connectivity index (χ1) is 15.9. The van der Waals surface area contributed by atoms with Crippen molar-refractivity contribution in [1.82, 2.24) is 0 Å². The Hall–Kier alpha value is -3.02. The molecule has 0 unspecified atom stereocenters. The summed E-state index contributed by atoms with van der Waals surface area (Å²) in [5, 5.41) is 0.977. The van der Waals surface area contributed by atoms with E-state index in [-0.39, 0.29) is 19.1 Å². The molecular weight excluding hydrogens is 461 g/mol. The summed E-state index contributed by atoms with van der Waals surface area (Å²) in [6.45, 7) is 4.84. The van der Waals surface area contributed by atoms with Gasteiger partial charge in [-0.25, -0.2) is 4.79 Å². The lowest BCUT2D eigenvalue weighted by atomic mass is 10.1. The van der Waals surface area contributed by atoms with Crippen molar-refractivity contribution >= 4 is 40.8 Å². The van der Waals surface area contributed by atoms with Crippen LogP contribution in [0.25, 0.3) is 0 Å². The molecule has 0 fully saturated rings. The van der Waals surface area contributed by atoms with Crippen molar-refractivity contribution in [1.29, 1.82) is 0 Å². The largest absolute Gasteiger partial charge is 0.494 e. The minimum absolute atomic E-state index is 0.216. The second-order valence-corrected chi connectivity index (χ2v) is 8.11. The lowest BCUT2D eigenvalue weighted by Crippen LogP contribution is -2.30. The first-order valence-corrected chi connectivity index (χ1v) is 11.4. The predicted octanol–water partition coefficient (Wildman–Crippen LogP) is 6.81. The molecule has 7 heteroatoms. The van der Waals surface area contributed by atoms with Crippen molar-refractivity contribution in [3.63, 3.8) is 0 Å². The van der Waals surface area contributed by atoms with Crippen molar-refractivity contribution < 1.29 is 19.1 Å². The van der Waals surface area contributed by atoms with E-state index in [2.05, 4.69) is 0 Å². The van der Waals surface area contributed by atoms with Crippen LogP contribution in [0.4, 0.5) is 5.69 Å². The topological polar surface area (TPSA) is 55.8 Å². The molecule has 0 N–H and O–H groups in total. The van der Waals surface area contributed by atoms with E-state index in [9.17, 15) is 9.59 Å². The number of anilines is 1. The van der Waals surface area contributed by atoms with E-state index in [0.717, 1.165) is 12.0 Å². The van der Waals surface area contributed by atoms with Gasteiger partial charge in [-0.2, -0.15) is 0 Å². The number of hydrogen-bond acceptors (Lipinski definition) is 4. The van der Waals surface area contributed by atoms with Gasteiger partial charge < -0.3 is 14.4 Å². The zero-order valence-electron chi connectivity index (χ0n) is 18.5. The van der Waals surface area contributed by atoms with Crippen LogP contribution in [-0.4, -0.2) is 25.1 Å². The number of hydrogen-bond donors (Lipinski definition) is 0. The Morgan fingerprint density at radius 1 is 0.909 bits per heavy atom. The molecule has 0 spiro atoms. The van der Waals surface area contributed by atoms with E-state index >= 15 is 0 Å². The predicted molar refractivity (Wildman–Crippen MR) is 132 cm³/mol. The zero-order chi connectivity index (χ0) is 23.8. The van der Waals surface area contributed by atoms with Gasteiger partial charge >= 0.3 is 5.97 Å². The van der Waals surface area contributed by atoms with Crippen LogP contribution in [0.1, 0.15) is 46.5 Å². The first kappa shape index (κ1) is 24.6. The molecule has 0 bridgehead atoms. The van der Waals surface area contributed by atoms with Gasteiger partial charge in [0.25, 0.3) is 5.91 Å². The van der Waals surface area contributed by atoms with Gasteiger partial charge in [0.15, 0.2) is 0 Å². The highest BCUT2D eigenvalue weighted by atomic mass is 35.5. The number of rotatable bonds is 9. The SMILES string of the molecule is CCCOc1cccc(C(=O)N(Cc2ccc(Cl)cc2Cl)c2ccc(C(=O)OCC)cc2)c1. The highest BCUT2D eigenvalue weighted by molar-refractivity contribution is 6.35. The Balaban J connectivity index is 1.96. The molecule has 5 nitrogen and oxygen atoms in total. The third-order valence-electron chi connectivity index (χ3n) is 4.83. The van der Waals surface area contributed by atoms with Gasteiger partial charge in [0.05, 0.1) is 25.3 Å². The van der Waals surface area contributed by atoms with Gasteiger partial charge in [-0.15, -0.1) is 0 Å². The fourth-order valence-electron chi connectivity index (χ4n) is 3.19. The van der Waals surface area contributed by atoms with Crippen molar-refractivity contribution in [2.45, 2.75) is 26.8 Å². The molecule has 0 radical (unpaired) electrons. The second-order valence-electron chi connectivity index (χ2n) is 7.27. The van der Waals surface area contributed by atoms with Crippen molar-refractivity contribution in [3.8, 4) is 5.75 Å². The van der Waals surface area contributed by atoms with Crippen LogP contribution in [0.5, 0.6) is 5.75 Å². The molecule has 0 heterocycles. The van der Waals surface area contributed by atoms with Crippen molar-refractivity contribution in [2.24, 2.45) is 0 Å². The fourth-order valence-corrected chi connectivity index (χ4v) is 3.66. The molecule has 33 heavy (non-hydrogen) atoms. The van der Waals surface area contributed by atoms with Gasteiger partial charge in [-0.1, -0.05) is 42.3 Å². The maximum absolute atomic E-state index is 13.6. The van der Waals surface area contributed by atoms with Gasteiger partial charge in [0.1, 0.15) is 5.75 Å². The zero-order valence-corrected chi connectivity index (χ0v) is 20.0. The van der Waals surface area contributed by atoms with Crippen LogP contribution in [0.2, 0.25) is 10.0 Å². The molecule has 0 saturated heterocycles. The Morgan fingerprint density at radius 2 is 1.67 bits per heavy atom. The van der Waals surface area contributed by atoms with Gasteiger partial charge in [0, 0.05) is 21.3 Å². The second kappa shape index (κ2) is 11.7. The number of carbonyl (C=O) groups is 2. The lowest BCUT2D eigenvalue weighted by molar-refractivity contribution is 0.0526. The van der Waals surface area contributed by atoms with Crippen molar-refractivity contribution in [3.05, 3.63) is 93.5 Å². The number of ether oxygens (including phenoxy) is 2. The molecular formula is C26H25Cl2NO4. The quantitative estimate of drug-likeness (QED) is 0.312. The molecule has 0 aromatic heterocycles. The number of esters is 1. The summed E-state index contributed by atoms with van der Waals surface area (Å²) in [4.78, 5) is 27.2. The van der Waals surface area contributed by atoms with E-state index < -0.39 is 5.97 Å². The third kappa shape index (κ3) is 6.50. The van der Waals surface area contributed by atoms with Crippen LogP contribution >= 0.6 is 23.2 Å². The average molecular weight is 486 g/mol. The molecule has 0 aliphatic heterocycles. The molecule has 3 aromatic rings. The summed E-state index contributed by atoms with van der Waals surface area (Å²) in [5.41, 5.74) is 2.23. The molecule has 1 amide bonds. The maximum Gasteiger partial charge on any atom is 0.338 e. The van der Waals surface area contributed by atoms with Gasteiger partial charge in [0.2, 0.25) is 0 Å². The molecule has 0 saturated carbocycles. The number of amides is 1. The van der Waals surface area contributed by atoms with Crippen LogP contribution in [-0.2, 0) is 11.3 Å². The number of benzene rings is 3. The van der Waals surface area contributed by atoms with E-state index in [1.807, 2.05) is 13.0 Å². The van der Waals surface area contributed by atoms with Crippen LogP contribution in [0, 0.1) is 0 Å². The summed E-state index contributed by atoms with van der Waals surface area (Å²) in [6, 6.07) is 18.9. The minimum Gasteiger partial charge on any atom is -0.494 e. The Bertz CT molecular complexity index is 1120. The Morgan fingerprint density at radius 3 is 2.33 bits per heavy atom. The monoisotopic (exact) mass is 485 g/mol. The summed E-state index contributed by atoms with van der Waals surface area (Å²) in [6.07, 6.45) is 0.867. The molecule has 3 aromatic carbocycles. The van der Waals surface area contributed by atoms with Crippen LogP contribution in [0.3, 0.4) is 0 Å². The minimum atomic E-state index is -0.413. The van der Waals surface area contributed by atoms with E-state index in [0.29, 0.717) is 39.2 Å². The van der Waals surface area contributed by atoms with Gasteiger partial charge in [-0.05, 0) is 73.5 Å². The van der Waals surface area contributed by atoms with Crippen LogP contribution < -0.4 is 9.64 Å². The number of nitrogens with zero attached hydrogens (tertiary/aromatic N) is 1. The maximum atomic E-state index is 13.6. The smallest absolute Gasteiger partial charge is 0.338 e. The van der Waals surface area contributed by atoms with E-state index in [1.165, 1.54) is 0 Å². The summed E-state index contributed by atoms with van der Waals surface area (Å²) < 4.78 is 10.7. The lowest BCUT2D eigenvalue weighted by Gasteiger charge is -2.24. The third-order valence-corrected chi connectivity index (χ3v) is 5.42. The van der Waals surface area contributed by atoms with E-state index in [4.69, 9.17) is 32.7 Å². The fraction of sp³-hybridized carbons (Fsp3) is 0.231. The summed E-state index contributed by atoms with van der Waals surface area (Å²) in [5.74, 6) is -0.0138. The molecule has 3 rings (SSSR count). The standard InChI is InChI=1S/C26H25Cl2NO4/c1-3-14-33-23-7-5-6-19(15-23)25(30)29(17-20-8-11-21(27)16-24(20)28)22-12-9-18(10-13-22)26(31)32-4-2/h5-13,15-16H,3-4,14,17H2,1-2H3. The highest BCUT2D eigenvalue weighted by Crippen LogP contribution is 2.27. The van der Waals surface area contributed by atoms with Crippen molar-refractivity contribution in [2.75, 3.05) is 18.1 Å². The number of halogens is 2. The highest BCUT2D eigenvalue weighted by Gasteiger charge is 2.21.